The quantitative estimate of drug-likeness (QED) is 0.478. The first-order valence-electron chi connectivity index (χ1n) is 6.84. The zero-order valence-electron chi connectivity index (χ0n) is 12.7. The van der Waals surface area contributed by atoms with Crippen molar-refractivity contribution >= 4 is 0 Å². The van der Waals surface area contributed by atoms with Crippen molar-refractivity contribution in [2.24, 2.45) is 0 Å². The molecule has 0 N–H and O–H groups in total. The minimum atomic E-state index is -4.34. The van der Waals surface area contributed by atoms with Gasteiger partial charge in [0.05, 0.1) is 12.2 Å². The van der Waals surface area contributed by atoms with Gasteiger partial charge < -0.3 is 4.74 Å². The van der Waals surface area contributed by atoms with Crippen LogP contribution in [0.4, 0.5) is 13.2 Å². The maximum atomic E-state index is 12.6. The molecule has 0 fully saturated rings. The fourth-order valence-electron chi connectivity index (χ4n) is 2.09. The molecule has 0 aromatic heterocycles. The average molecular weight is 298 g/mol. The maximum absolute atomic E-state index is 12.6. The Morgan fingerprint density at radius 1 is 1.19 bits per heavy atom. The van der Waals surface area contributed by atoms with Crippen molar-refractivity contribution < 1.29 is 17.9 Å². The third kappa shape index (κ3) is 5.66. The van der Waals surface area contributed by atoms with Crippen LogP contribution in [-0.4, -0.2) is 6.61 Å². The van der Waals surface area contributed by atoms with Crippen molar-refractivity contribution in [3.05, 3.63) is 53.1 Å². The normalized spacial score (nSPS) is 11.1. The molecule has 1 aromatic rings. The van der Waals surface area contributed by atoms with Crippen LogP contribution >= 0.6 is 0 Å². The summed E-state index contributed by atoms with van der Waals surface area (Å²) in [4.78, 5) is 0. The Bertz CT molecular complexity index is 523. The highest BCUT2D eigenvalue weighted by Crippen LogP contribution is 2.31. The van der Waals surface area contributed by atoms with E-state index in [4.69, 9.17) is 4.74 Å². The van der Waals surface area contributed by atoms with E-state index in [1.807, 2.05) is 20.8 Å². The van der Waals surface area contributed by atoms with Crippen molar-refractivity contribution in [2.45, 2.75) is 39.8 Å². The molecule has 0 saturated heterocycles. The SMILES string of the molecule is C=C(C)C(CCCOc1cccc(C(F)(F)F)c1)=C(C)C. The van der Waals surface area contributed by atoms with Crippen LogP contribution in [0.5, 0.6) is 5.75 Å². The van der Waals surface area contributed by atoms with E-state index in [0.29, 0.717) is 6.61 Å². The van der Waals surface area contributed by atoms with E-state index in [9.17, 15) is 13.2 Å². The van der Waals surface area contributed by atoms with Crippen LogP contribution < -0.4 is 4.74 Å². The van der Waals surface area contributed by atoms with Gasteiger partial charge in [-0.15, -0.1) is 0 Å². The highest BCUT2D eigenvalue weighted by Gasteiger charge is 2.30. The van der Waals surface area contributed by atoms with E-state index in [-0.39, 0.29) is 5.75 Å². The van der Waals surface area contributed by atoms with Gasteiger partial charge in [0.1, 0.15) is 5.75 Å². The second kappa shape index (κ2) is 7.34. The predicted molar refractivity (Wildman–Crippen MR) is 79.4 cm³/mol. The van der Waals surface area contributed by atoms with Crippen LogP contribution in [0.25, 0.3) is 0 Å². The van der Waals surface area contributed by atoms with Crippen molar-refractivity contribution in [3.8, 4) is 5.75 Å². The average Bonchev–Trinajstić information content (AvgIpc) is 2.37. The van der Waals surface area contributed by atoms with Crippen molar-refractivity contribution in [2.75, 3.05) is 6.61 Å². The number of benzene rings is 1. The molecule has 4 heteroatoms. The van der Waals surface area contributed by atoms with Gasteiger partial charge in [-0.05, 0) is 57.4 Å². The van der Waals surface area contributed by atoms with Gasteiger partial charge in [-0.3, -0.25) is 0 Å². The van der Waals surface area contributed by atoms with E-state index in [2.05, 4.69) is 6.58 Å². The third-order valence-electron chi connectivity index (χ3n) is 3.12. The second-order valence-corrected chi connectivity index (χ2v) is 5.24. The topological polar surface area (TPSA) is 9.23 Å². The van der Waals surface area contributed by atoms with Crippen molar-refractivity contribution in [1.29, 1.82) is 0 Å². The lowest BCUT2D eigenvalue weighted by atomic mass is 9.99. The molecule has 0 saturated carbocycles. The van der Waals surface area contributed by atoms with Crippen LogP contribution in [-0.2, 0) is 6.18 Å². The standard InChI is InChI=1S/C17H21F3O/c1-12(2)16(13(3)4)9-6-10-21-15-8-5-7-14(11-15)17(18,19)20/h5,7-8,11H,1,6,9-10H2,2-4H3. The van der Waals surface area contributed by atoms with Gasteiger partial charge in [0.2, 0.25) is 0 Å². The zero-order valence-corrected chi connectivity index (χ0v) is 12.7. The summed E-state index contributed by atoms with van der Waals surface area (Å²) < 4.78 is 43.1. The van der Waals surface area contributed by atoms with Crippen LogP contribution in [0.2, 0.25) is 0 Å². The molecular weight excluding hydrogens is 277 g/mol. The molecule has 0 aliphatic rings. The summed E-state index contributed by atoms with van der Waals surface area (Å²) in [6.07, 6.45) is -2.78. The summed E-state index contributed by atoms with van der Waals surface area (Å²) in [5, 5.41) is 0. The van der Waals surface area contributed by atoms with Crippen LogP contribution in [0.1, 0.15) is 39.2 Å². The first-order chi connectivity index (χ1) is 9.71. The molecule has 0 radical (unpaired) electrons. The number of allylic oxidation sites excluding steroid dienone is 3. The molecule has 0 aliphatic heterocycles. The Labute approximate surface area is 124 Å². The summed E-state index contributed by atoms with van der Waals surface area (Å²) in [5.41, 5.74) is 2.74. The molecular formula is C17H21F3O. The van der Waals surface area contributed by atoms with Gasteiger partial charge in [0, 0.05) is 0 Å². The van der Waals surface area contributed by atoms with Gasteiger partial charge >= 0.3 is 6.18 Å². The zero-order chi connectivity index (χ0) is 16.0. The van der Waals surface area contributed by atoms with Gasteiger partial charge in [0.25, 0.3) is 0 Å². The molecule has 1 aromatic carbocycles. The molecule has 1 nitrogen and oxygen atoms in total. The fourth-order valence-corrected chi connectivity index (χ4v) is 2.09. The van der Waals surface area contributed by atoms with E-state index in [1.165, 1.54) is 23.3 Å². The third-order valence-corrected chi connectivity index (χ3v) is 3.12. The summed E-state index contributed by atoms with van der Waals surface area (Å²) in [5.74, 6) is 0.249. The van der Waals surface area contributed by atoms with E-state index in [0.717, 1.165) is 30.5 Å². The smallest absolute Gasteiger partial charge is 0.416 e. The molecule has 0 aliphatic carbocycles. The Morgan fingerprint density at radius 2 is 1.86 bits per heavy atom. The second-order valence-electron chi connectivity index (χ2n) is 5.24. The summed E-state index contributed by atoms with van der Waals surface area (Å²) in [7, 11) is 0. The van der Waals surface area contributed by atoms with Gasteiger partial charge in [-0.25, -0.2) is 0 Å². The molecule has 0 atom stereocenters. The van der Waals surface area contributed by atoms with Gasteiger partial charge in [0.15, 0.2) is 0 Å². The minimum Gasteiger partial charge on any atom is -0.494 e. The lowest BCUT2D eigenvalue weighted by Gasteiger charge is -2.12. The van der Waals surface area contributed by atoms with E-state index < -0.39 is 11.7 Å². The number of hydrogen-bond acceptors (Lipinski definition) is 1. The lowest BCUT2D eigenvalue weighted by Crippen LogP contribution is -2.05. The number of ether oxygens (including phenoxy) is 1. The molecule has 0 unspecified atom stereocenters. The monoisotopic (exact) mass is 298 g/mol. The number of rotatable bonds is 6. The van der Waals surface area contributed by atoms with Crippen molar-refractivity contribution in [1.82, 2.24) is 0 Å². The Morgan fingerprint density at radius 3 is 2.38 bits per heavy atom. The van der Waals surface area contributed by atoms with Crippen LogP contribution in [0.3, 0.4) is 0 Å². The van der Waals surface area contributed by atoms with Gasteiger partial charge in [-0.1, -0.05) is 23.8 Å². The Hall–Kier alpha value is -1.71. The van der Waals surface area contributed by atoms with Crippen LogP contribution in [0.15, 0.2) is 47.6 Å². The number of halogens is 3. The van der Waals surface area contributed by atoms with Crippen LogP contribution in [0, 0.1) is 0 Å². The molecule has 116 valence electrons. The molecule has 21 heavy (non-hydrogen) atoms. The fraction of sp³-hybridized carbons (Fsp3) is 0.412. The Kier molecular flexibility index (Phi) is 6.06. The molecule has 0 spiro atoms. The predicted octanol–water partition coefficient (Wildman–Crippen LogP) is 5.78. The molecule has 0 amide bonds. The molecule has 0 heterocycles. The number of alkyl halides is 3. The van der Waals surface area contributed by atoms with E-state index >= 15 is 0 Å². The molecule has 0 bridgehead atoms. The summed E-state index contributed by atoms with van der Waals surface area (Å²) in [6, 6.07) is 4.96. The minimum absolute atomic E-state index is 0.249. The van der Waals surface area contributed by atoms with Crippen molar-refractivity contribution in [3.63, 3.8) is 0 Å². The Balaban J connectivity index is 2.54. The lowest BCUT2D eigenvalue weighted by molar-refractivity contribution is -0.137. The first-order valence-corrected chi connectivity index (χ1v) is 6.84. The molecule has 1 rings (SSSR count). The highest BCUT2D eigenvalue weighted by molar-refractivity contribution is 5.31. The largest absolute Gasteiger partial charge is 0.494 e. The van der Waals surface area contributed by atoms with Gasteiger partial charge in [-0.2, -0.15) is 13.2 Å². The van der Waals surface area contributed by atoms with E-state index in [1.54, 1.807) is 0 Å². The first kappa shape index (κ1) is 17.3. The number of hydrogen-bond donors (Lipinski definition) is 0. The highest BCUT2D eigenvalue weighted by atomic mass is 19.4. The maximum Gasteiger partial charge on any atom is 0.416 e. The summed E-state index contributed by atoms with van der Waals surface area (Å²) >= 11 is 0. The summed E-state index contributed by atoms with van der Waals surface area (Å²) in [6.45, 7) is 10.3.